The van der Waals surface area contributed by atoms with Crippen LogP contribution >= 0.6 is 0 Å². The molecule has 0 aliphatic heterocycles. The Bertz CT molecular complexity index is 65.9. The van der Waals surface area contributed by atoms with Gasteiger partial charge in [0.1, 0.15) is 0 Å². The standard InChI is InChI=1S/C2HO4/c3-1-2(4)6-5/h1H. The summed E-state index contributed by atoms with van der Waals surface area (Å²) >= 11 is 0. The molecule has 0 rings (SSSR count). The van der Waals surface area contributed by atoms with Crippen LogP contribution in [0.15, 0.2) is 0 Å². The van der Waals surface area contributed by atoms with Gasteiger partial charge in [-0.3, -0.25) is 9.68 Å². The Balaban J connectivity index is 3.23. The highest BCUT2D eigenvalue weighted by molar-refractivity contribution is 6.19. The molecule has 0 aliphatic rings. The maximum Gasteiger partial charge on any atom is 0.408 e. The van der Waals surface area contributed by atoms with E-state index in [1.807, 2.05) is 0 Å². The largest absolute Gasteiger partial charge is 0.408 e. The van der Waals surface area contributed by atoms with Crippen LogP contribution in [0.25, 0.3) is 0 Å². The van der Waals surface area contributed by atoms with Crippen LogP contribution in [0.3, 0.4) is 0 Å². The van der Waals surface area contributed by atoms with E-state index in [1.54, 1.807) is 0 Å². The van der Waals surface area contributed by atoms with Crippen LogP contribution in [0.4, 0.5) is 0 Å². The maximum atomic E-state index is 9.28. The van der Waals surface area contributed by atoms with Gasteiger partial charge in [-0.15, -0.1) is 0 Å². The monoisotopic (exact) mass is 89.0 g/mol. The fraction of sp³-hybridized carbons (Fsp3) is 0. The van der Waals surface area contributed by atoms with Gasteiger partial charge in [0.15, 0.2) is 0 Å². The van der Waals surface area contributed by atoms with Gasteiger partial charge < -0.3 is 0 Å². The molecule has 0 saturated carbocycles. The van der Waals surface area contributed by atoms with Crippen molar-refractivity contribution in [1.82, 2.24) is 0 Å². The normalized spacial score (nSPS) is 6.83. The van der Waals surface area contributed by atoms with Crippen LogP contribution in [-0.2, 0) is 19.7 Å². The molecule has 0 bridgehead atoms. The number of carbonyl (C=O) groups is 2. The molecule has 4 heteroatoms. The van der Waals surface area contributed by atoms with Crippen molar-refractivity contribution in [3.8, 4) is 0 Å². The van der Waals surface area contributed by atoms with Crippen molar-refractivity contribution in [1.29, 1.82) is 0 Å². The summed E-state index contributed by atoms with van der Waals surface area (Å²) in [5, 5.41) is 8.78. The number of rotatable bonds is 1. The lowest BCUT2D eigenvalue weighted by Gasteiger charge is -1.71. The Kier molecular flexibility index (Phi) is 1.99. The molecule has 33 valence electrons. The van der Waals surface area contributed by atoms with Crippen molar-refractivity contribution >= 4 is 12.3 Å². The van der Waals surface area contributed by atoms with Crippen LogP contribution in [0, 0.1) is 0 Å². The summed E-state index contributed by atoms with van der Waals surface area (Å²) in [7, 11) is 0. The SMILES string of the molecule is [O]OC(=O)C=O. The summed E-state index contributed by atoms with van der Waals surface area (Å²) in [4.78, 5) is 21.0. The van der Waals surface area contributed by atoms with Crippen molar-refractivity contribution < 1.29 is 19.7 Å². The van der Waals surface area contributed by atoms with Gasteiger partial charge in [-0.2, -0.15) is 0 Å². The van der Waals surface area contributed by atoms with E-state index < -0.39 is 5.97 Å². The van der Waals surface area contributed by atoms with Crippen molar-refractivity contribution in [2.24, 2.45) is 0 Å². The van der Waals surface area contributed by atoms with Crippen molar-refractivity contribution in [3.63, 3.8) is 0 Å². The second-order valence-corrected chi connectivity index (χ2v) is 0.520. The van der Waals surface area contributed by atoms with Gasteiger partial charge in [0.2, 0.25) is 6.29 Å². The molecular weight excluding hydrogens is 88.0 g/mol. The molecule has 0 saturated heterocycles. The number of hydrogen-bond acceptors (Lipinski definition) is 3. The predicted octanol–water partition coefficient (Wildman–Crippen LogP) is -0.926. The van der Waals surface area contributed by atoms with Crippen LogP contribution in [0.1, 0.15) is 0 Å². The fourth-order valence-electron chi connectivity index (χ4n) is 0.0196. The number of hydrogen-bond donors (Lipinski definition) is 0. The zero-order valence-electron chi connectivity index (χ0n) is 2.71. The Hall–Kier alpha value is -0.900. The second kappa shape index (κ2) is 2.34. The van der Waals surface area contributed by atoms with Gasteiger partial charge in [-0.05, 0) is 0 Å². The van der Waals surface area contributed by atoms with Gasteiger partial charge in [0.05, 0.1) is 0 Å². The molecule has 1 radical (unpaired) electrons. The molecule has 0 aromatic rings. The molecule has 0 N–H and O–H groups in total. The third-order valence-corrected chi connectivity index (χ3v) is 0.178. The summed E-state index contributed by atoms with van der Waals surface area (Å²) in [5.74, 6) is -1.39. The molecule has 0 atom stereocenters. The lowest BCUT2D eigenvalue weighted by Crippen LogP contribution is -1.98. The van der Waals surface area contributed by atoms with Crippen molar-refractivity contribution in [2.75, 3.05) is 0 Å². The van der Waals surface area contributed by atoms with Crippen molar-refractivity contribution in [3.05, 3.63) is 0 Å². The zero-order valence-corrected chi connectivity index (χ0v) is 2.71. The van der Waals surface area contributed by atoms with Gasteiger partial charge in [0, 0.05) is 5.26 Å². The van der Waals surface area contributed by atoms with Crippen LogP contribution in [0.5, 0.6) is 0 Å². The molecule has 0 aromatic heterocycles. The highest BCUT2D eigenvalue weighted by atomic mass is 17.1. The average Bonchev–Trinajstić information content (AvgIpc) is 1.65. The summed E-state index contributed by atoms with van der Waals surface area (Å²) < 4.78 is 0. The molecule has 6 heavy (non-hydrogen) atoms. The van der Waals surface area contributed by atoms with E-state index in [-0.39, 0.29) is 6.29 Å². The average molecular weight is 89.0 g/mol. The summed E-state index contributed by atoms with van der Waals surface area (Å²) in [6.07, 6.45) is -0.201. The molecule has 0 spiro atoms. The quantitative estimate of drug-likeness (QED) is 0.180. The molecule has 0 aliphatic carbocycles. The molecule has 0 aromatic carbocycles. The molecule has 0 fully saturated rings. The van der Waals surface area contributed by atoms with Gasteiger partial charge in [-0.25, -0.2) is 4.79 Å². The first-order chi connectivity index (χ1) is 2.81. The van der Waals surface area contributed by atoms with E-state index in [1.165, 1.54) is 0 Å². The smallest absolute Gasteiger partial charge is 0.290 e. The molecule has 0 heterocycles. The van der Waals surface area contributed by atoms with Gasteiger partial charge in [-0.1, -0.05) is 0 Å². The number of carbonyl (C=O) groups excluding carboxylic acids is 2. The Labute approximate surface area is 33.3 Å². The fourth-order valence-corrected chi connectivity index (χ4v) is 0.0196. The molecule has 4 nitrogen and oxygen atoms in total. The first-order valence-electron chi connectivity index (χ1n) is 1.10. The summed E-state index contributed by atoms with van der Waals surface area (Å²) in [6, 6.07) is 0. The Morgan fingerprint density at radius 3 is 2.17 bits per heavy atom. The van der Waals surface area contributed by atoms with E-state index in [2.05, 4.69) is 4.89 Å². The third-order valence-electron chi connectivity index (χ3n) is 0.178. The maximum absolute atomic E-state index is 9.28. The summed E-state index contributed by atoms with van der Waals surface area (Å²) in [5.41, 5.74) is 0. The number of aldehydes is 1. The highest BCUT2D eigenvalue weighted by Gasteiger charge is 1.93. The van der Waals surface area contributed by atoms with Crippen LogP contribution in [-0.4, -0.2) is 12.3 Å². The predicted molar refractivity (Wildman–Crippen MR) is 12.8 cm³/mol. The Morgan fingerprint density at radius 2 is 2.17 bits per heavy atom. The lowest BCUT2D eigenvalue weighted by atomic mass is 10.8. The molecule has 0 unspecified atom stereocenters. The minimum Gasteiger partial charge on any atom is -0.290 e. The second-order valence-electron chi connectivity index (χ2n) is 0.520. The zero-order chi connectivity index (χ0) is 4.99. The van der Waals surface area contributed by atoms with Gasteiger partial charge in [0.25, 0.3) is 0 Å². The topological polar surface area (TPSA) is 63.3 Å². The van der Waals surface area contributed by atoms with E-state index in [9.17, 15) is 4.79 Å². The molecule has 0 amide bonds. The third kappa shape index (κ3) is 1.42. The summed E-state index contributed by atoms with van der Waals surface area (Å²) in [6.45, 7) is 0. The van der Waals surface area contributed by atoms with Gasteiger partial charge >= 0.3 is 5.97 Å². The van der Waals surface area contributed by atoms with Crippen LogP contribution in [0.2, 0.25) is 0 Å². The minimum atomic E-state index is -1.39. The lowest BCUT2D eigenvalue weighted by molar-refractivity contribution is -0.273. The van der Waals surface area contributed by atoms with Crippen LogP contribution < -0.4 is 0 Å². The minimum absolute atomic E-state index is 0.201. The first kappa shape index (κ1) is 5.10. The van der Waals surface area contributed by atoms with E-state index in [0.29, 0.717) is 0 Å². The van der Waals surface area contributed by atoms with E-state index in [4.69, 9.17) is 10.1 Å². The molecular formula is C2HO4. The van der Waals surface area contributed by atoms with Crippen molar-refractivity contribution in [2.45, 2.75) is 0 Å². The van der Waals surface area contributed by atoms with E-state index >= 15 is 0 Å². The first-order valence-corrected chi connectivity index (χ1v) is 1.10. The highest BCUT2D eigenvalue weighted by Crippen LogP contribution is 1.59. The Morgan fingerprint density at radius 1 is 1.67 bits per heavy atom. The van der Waals surface area contributed by atoms with E-state index in [0.717, 1.165) is 0 Å².